The van der Waals surface area contributed by atoms with Gasteiger partial charge in [-0.2, -0.15) is 12.1 Å². The van der Waals surface area contributed by atoms with Crippen molar-refractivity contribution in [2.45, 2.75) is 0 Å². The molecule has 32 heavy (non-hydrogen) atoms. The molecule has 0 atom stereocenters. The Hall–Kier alpha value is -3.24. The van der Waals surface area contributed by atoms with Crippen LogP contribution in [0.5, 0.6) is 0 Å². The average Bonchev–Trinajstić information content (AvgIpc) is 3.53. The minimum atomic E-state index is 0. The van der Waals surface area contributed by atoms with Crippen LogP contribution in [0.1, 0.15) is 0 Å². The van der Waals surface area contributed by atoms with E-state index in [4.69, 9.17) is 8.83 Å². The van der Waals surface area contributed by atoms with Gasteiger partial charge in [-0.05, 0) is 30.0 Å². The van der Waals surface area contributed by atoms with Gasteiger partial charge in [-0.25, -0.2) is 11.3 Å². The van der Waals surface area contributed by atoms with Crippen molar-refractivity contribution in [2.24, 2.45) is 0 Å². The van der Waals surface area contributed by atoms with E-state index in [2.05, 4.69) is 35.3 Å². The summed E-state index contributed by atoms with van der Waals surface area (Å²) in [5.41, 5.74) is 5.55. The number of pyridine rings is 1. The molecule has 3 nitrogen and oxygen atoms in total. The summed E-state index contributed by atoms with van der Waals surface area (Å²) < 4.78 is 12.2. The second-order valence-corrected chi connectivity index (χ2v) is 8.61. The standard InChI is InChI=1S/C27H14NO2S.Ir/c1-2-7-22-17(5-1)19-14-20-18-13-16(8-9-23(18)30-25(20)15-24(19)29-22)26-10-11-27(31-26)21-6-3-4-12-28-21;/h1-10,12-15H;/q-1;. The van der Waals surface area contributed by atoms with E-state index in [9.17, 15) is 0 Å². The van der Waals surface area contributed by atoms with E-state index in [1.807, 2.05) is 60.8 Å². The fourth-order valence-corrected chi connectivity index (χ4v) is 5.14. The summed E-state index contributed by atoms with van der Waals surface area (Å²) in [6, 6.07) is 30.0. The second-order valence-electron chi connectivity index (χ2n) is 7.55. The Labute approximate surface area is 200 Å². The van der Waals surface area contributed by atoms with Gasteiger partial charge in [0.2, 0.25) is 0 Å². The summed E-state index contributed by atoms with van der Waals surface area (Å²) in [6.07, 6.45) is 1.81. The molecule has 0 aliphatic carbocycles. The van der Waals surface area contributed by atoms with Crippen molar-refractivity contribution in [2.75, 3.05) is 0 Å². The zero-order valence-corrected chi connectivity index (χ0v) is 19.8. The summed E-state index contributed by atoms with van der Waals surface area (Å²) in [5.74, 6) is 0. The Kier molecular flexibility index (Phi) is 4.51. The van der Waals surface area contributed by atoms with Crippen molar-refractivity contribution in [3.8, 4) is 21.0 Å². The van der Waals surface area contributed by atoms with Crippen molar-refractivity contribution in [3.63, 3.8) is 0 Å². The van der Waals surface area contributed by atoms with Crippen LogP contribution in [0.2, 0.25) is 0 Å². The number of fused-ring (bicyclic) bond motifs is 6. The van der Waals surface area contributed by atoms with Crippen LogP contribution in [0.25, 0.3) is 64.9 Å². The molecule has 0 unspecified atom stereocenters. The molecule has 7 aromatic rings. The van der Waals surface area contributed by atoms with Crippen molar-refractivity contribution in [1.82, 2.24) is 4.98 Å². The summed E-state index contributed by atoms with van der Waals surface area (Å²) >= 11 is 1.70. The van der Waals surface area contributed by atoms with Gasteiger partial charge in [0.25, 0.3) is 0 Å². The number of aromatic nitrogens is 1. The Morgan fingerprint density at radius 2 is 1.44 bits per heavy atom. The van der Waals surface area contributed by atoms with Gasteiger partial charge in [0, 0.05) is 53.9 Å². The van der Waals surface area contributed by atoms with Gasteiger partial charge in [0.1, 0.15) is 22.3 Å². The van der Waals surface area contributed by atoms with Crippen LogP contribution in [-0.4, -0.2) is 4.98 Å². The van der Waals surface area contributed by atoms with Gasteiger partial charge in [-0.1, -0.05) is 57.8 Å². The predicted molar refractivity (Wildman–Crippen MR) is 126 cm³/mol. The quantitative estimate of drug-likeness (QED) is 0.186. The molecule has 0 aliphatic heterocycles. The normalized spacial score (nSPS) is 11.5. The molecule has 4 heterocycles. The molecule has 1 radical (unpaired) electrons. The van der Waals surface area contributed by atoms with Crippen LogP contribution in [0.15, 0.2) is 93.9 Å². The number of para-hydroxylation sites is 1. The van der Waals surface area contributed by atoms with Crippen molar-refractivity contribution < 1.29 is 28.9 Å². The van der Waals surface area contributed by atoms with Gasteiger partial charge in [0.15, 0.2) is 0 Å². The Bertz CT molecular complexity index is 1740. The zero-order valence-electron chi connectivity index (χ0n) is 16.6. The first-order valence-electron chi connectivity index (χ1n) is 10.0. The Morgan fingerprint density at radius 3 is 2.28 bits per heavy atom. The third-order valence-electron chi connectivity index (χ3n) is 5.70. The zero-order chi connectivity index (χ0) is 20.4. The fraction of sp³-hybridized carbons (Fsp3) is 0. The van der Waals surface area contributed by atoms with Crippen LogP contribution in [0.3, 0.4) is 0 Å². The average molecular weight is 609 g/mol. The van der Waals surface area contributed by atoms with Crippen LogP contribution < -0.4 is 0 Å². The molecule has 5 heteroatoms. The van der Waals surface area contributed by atoms with Crippen LogP contribution in [0.4, 0.5) is 0 Å². The maximum absolute atomic E-state index is 6.15. The molecule has 0 saturated heterocycles. The molecule has 7 rings (SSSR count). The number of benzene rings is 3. The molecule has 155 valence electrons. The number of furan rings is 2. The molecule has 0 N–H and O–H groups in total. The van der Waals surface area contributed by atoms with Crippen LogP contribution in [-0.2, 0) is 20.1 Å². The number of nitrogens with zero attached hydrogens (tertiary/aromatic N) is 1. The topological polar surface area (TPSA) is 39.2 Å². The number of thiophene rings is 1. The Morgan fingerprint density at radius 1 is 0.688 bits per heavy atom. The minimum absolute atomic E-state index is 0. The van der Waals surface area contributed by atoms with Crippen molar-refractivity contribution in [3.05, 3.63) is 91.1 Å². The number of hydrogen-bond acceptors (Lipinski definition) is 4. The molecular formula is C27H14IrNO2S-. The fourth-order valence-electron chi connectivity index (χ4n) is 4.21. The largest absolute Gasteiger partial charge is 0.456 e. The van der Waals surface area contributed by atoms with E-state index in [1.165, 1.54) is 0 Å². The van der Waals surface area contributed by atoms with Crippen LogP contribution >= 0.6 is 11.3 Å². The van der Waals surface area contributed by atoms with E-state index < -0.39 is 0 Å². The second kappa shape index (κ2) is 7.42. The van der Waals surface area contributed by atoms with E-state index in [0.29, 0.717) is 0 Å². The first-order valence-corrected chi connectivity index (χ1v) is 10.9. The smallest absolute Gasteiger partial charge is 0.139 e. The number of hydrogen-bond donors (Lipinski definition) is 0. The molecular weight excluding hydrogens is 595 g/mol. The van der Waals surface area contributed by atoms with E-state index in [-0.39, 0.29) is 20.1 Å². The first-order chi connectivity index (χ1) is 15.3. The number of rotatable bonds is 2. The van der Waals surface area contributed by atoms with Crippen molar-refractivity contribution in [1.29, 1.82) is 0 Å². The molecule has 0 fully saturated rings. The summed E-state index contributed by atoms with van der Waals surface area (Å²) in [7, 11) is 0. The van der Waals surface area contributed by atoms with Crippen LogP contribution in [0, 0.1) is 6.07 Å². The van der Waals surface area contributed by atoms with Gasteiger partial charge in [0.05, 0.1) is 0 Å². The van der Waals surface area contributed by atoms with E-state index in [1.54, 1.807) is 11.3 Å². The summed E-state index contributed by atoms with van der Waals surface area (Å²) in [5, 5.41) is 4.43. The SMILES string of the molecule is [Ir].[c-]1cc(-c2ccc3oc4cc5oc6ccccc6c5cc4c3c2)sc1-c1ccccn1. The van der Waals surface area contributed by atoms with Gasteiger partial charge in [-0.3, -0.25) is 0 Å². The molecule has 0 bridgehead atoms. The minimum Gasteiger partial charge on any atom is -0.456 e. The third kappa shape index (κ3) is 2.94. The maximum Gasteiger partial charge on any atom is 0.139 e. The first kappa shape index (κ1) is 19.4. The predicted octanol–water partition coefficient (Wildman–Crippen LogP) is 8.07. The van der Waals surface area contributed by atoms with Gasteiger partial charge >= 0.3 is 0 Å². The Balaban J connectivity index is 0.00000196. The molecule has 0 spiro atoms. The summed E-state index contributed by atoms with van der Waals surface area (Å²) in [6.45, 7) is 0. The van der Waals surface area contributed by atoms with Crippen molar-refractivity contribution >= 4 is 55.2 Å². The monoisotopic (exact) mass is 609 g/mol. The molecule has 4 aromatic heterocycles. The van der Waals surface area contributed by atoms with E-state index in [0.717, 1.165) is 64.9 Å². The molecule has 0 saturated carbocycles. The summed E-state index contributed by atoms with van der Waals surface area (Å²) in [4.78, 5) is 6.64. The maximum atomic E-state index is 6.15. The van der Waals surface area contributed by atoms with Gasteiger partial charge < -0.3 is 13.8 Å². The molecule has 0 amide bonds. The molecule has 0 aliphatic rings. The third-order valence-corrected chi connectivity index (χ3v) is 6.80. The molecule has 3 aromatic carbocycles. The van der Waals surface area contributed by atoms with Gasteiger partial charge in [-0.15, -0.1) is 0 Å². The van der Waals surface area contributed by atoms with E-state index >= 15 is 0 Å².